The number of amides is 1. The minimum Gasteiger partial charge on any atom is -0.347 e. The Hall–Kier alpha value is -1.43. The van der Waals surface area contributed by atoms with E-state index in [1.54, 1.807) is 11.3 Å². The van der Waals surface area contributed by atoms with Crippen LogP contribution in [0.15, 0.2) is 30.3 Å². The van der Waals surface area contributed by atoms with Gasteiger partial charge in [-0.05, 0) is 26.7 Å². The highest BCUT2D eigenvalue weighted by Gasteiger charge is 2.37. The summed E-state index contributed by atoms with van der Waals surface area (Å²) >= 11 is 1.64. The number of nitrogens with one attached hydrogen (secondary N) is 1. The van der Waals surface area contributed by atoms with Crippen molar-refractivity contribution in [3.63, 3.8) is 0 Å². The molecule has 1 aromatic heterocycles. The van der Waals surface area contributed by atoms with Gasteiger partial charge in [-0.1, -0.05) is 43.2 Å². The summed E-state index contributed by atoms with van der Waals surface area (Å²) in [4.78, 5) is 18.2. The van der Waals surface area contributed by atoms with E-state index in [1.165, 1.54) is 0 Å². The topological polar surface area (TPSA) is 68.0 Å². The lowest BCUT2D eigenvalue weighted by molar-refractivity contribution is -0.126. The molecule has 24 heavy (non-hydrogen) atoms. The molecule has 1 fully saturated rings. The quantitative estimate of drug-likeness (QED) is 0.860. The fourth-order valence-corrected chi connectivity index (χ4v) is 4.23. The maximum Gasteiger partial charge on any atom is 0.240 e. The molecular formula is C18H24ClN3OS. The van der Waals surface area contributed by atoms with Crippen LogP contribution in [0, 0.1) is 6.92 Å². The van der Waals surface area contributed by atoms with Crippen LogP contribution in [0.25, 0.3) is 10.6 Å². The number of aryl methyl sites for hydroxylation is 1. The van der Waals surface area contributed by atoms with E-state index in [1.807, 2.05) is 32.0 Å². The first-order chi connectivity index (χ1) is 11.0. The molecule has 1 aliphatic carbocycles. The molecule has 0 spiro atoms. The van der Waals surface area contributed by atoms with Crippen LogP contribution in [0.3, 0.4) is 0 Å². The van der Waals surface area contributed by atoms with E-state index in [0.29, 0.717) is 0 Å². The Balaban J connectivity index is 0.00000208. The molecule has 1 saturated carbocycles. The third-order valence-electron chi connectivity index (χ3n) is 4.54. The molecule has 1 aliphatic rings. The fraction of sp³-hybridized carbons (Fsp3) is 0.444. The highest BCUT2D eigenvalue weighted by molar-refractivity contribution is 7.15. The standard InChI is InChI=1S/C18H23N3OS.ClH/c1-12-15(23-16(20-12)14-8-4-3-5-9-14)13(2)21-17(22)18(19)10-6-7-11-18;/h3-5,8-9,13H,6-7,10-11,19H2,1-2H3,(H,21,22);1H. The SMILES string of the molecule is Cc1nc(-c2ccccc2)sc1C(C)NC(=O)C1(N)CCCC1.Cl. The monoisotopic (exact) mass is 365 g/mol. The highest BCUT2D eigenvalue weighted by atomic mass is 35.5. The normalized spacial score (nSPS) is 17.1. The van der Waals surface area contributed by atoms with Gasteiger partial charge in [-0.3, -0.25) is 4.79 Å². The van der Waals surface area contributed by atoms with Crippen molar-refractivity contribution in [3.05, 3.63) is 40.9 Å². The van der Waals surface area contributed by atoms with Crippen molar-refractivity contribution >= 4 is 29.7 Å². The molecule has 0 radical (unpaired) electrons. The summed E-state index contributed by atoms with van der Waals surface area (Å²) in [5, 5.41) is 4.08. The third kappa shape index (κ3) is 3.79. The minimum atomic E-state index is -0.685. The number of carbonyl (C=O) groups is 1. The number of hydrogen-bond acceptors (Lipinski definition) is 4. The van der Waals surface area contributed by atoms with Gasteiger partial charge in [-0.15, -0.1) is 23.7 Å². The van der Waals surface area contributed by atoms with Gasteiger partial charge in [0.05, 0.1) is 22.2 Å². The van der Waals surface area contributed by atoms with Crippen molar-refractivity contribution in [2.45, 2.75) is 51.1 Å². The smallest absolute Gasteiger partial charge is 0.240 e. The Morgan fingerprint density at radius 3 is 2.54 bits per heavy atom. The predicted octanol–water partition coefficient (Wildman–Crippen LogP) is 3.99. The number of nitrogens with zero attached hydrogens (tertiary/aromatic N) is 1. The maximum absolute atomic E-state index is 12.5. The summed E-state index contributed by atoms with van der Waals surface area (Å²) in [7, 11) is 0. The first kappa shape index (κ1) is 18.9. The number of carbonyl (C=O) groups excluding carboxylic acids is 1. The third-order valence-corrected chi connectivity index (χ3v) is 5.93. The van der Waals surface area contributed by atoms with Crippen LogP contribution in [0.4, 0.5) is 0 Å². The summed E-state index contributed by atoms with van der Waals surface area (Å²) in [5.74, 6) is -0.0310. The average Bonchev–Trinajstić information content (AvgIpc) is 3.15. The Labute approximate surface area is 153 Å². The molecule has 0 aliphatic heterocycles. The molecule has 1 heterocycles. The number of thiazole rings is 1. The van der Waals surface area contributed by atoms with Gasteiger partial charge in [-0.2, -0.15) is 0 Å². The number of hydrogen-bond donors (Lipinski definition) is 2. The first-order valence-electron chi connectivity index (χ1n) is 8.12. The molecule has 3 rings (SSSR count). The van der Waals surface area contributed by atoms with E-state index in [9.17, 15) is 4.79 Å². The van der Waals surface area contributed by atoms with Gasteiger partial charge in [0.2, 0.25) is 5.91 Å². The summed E-state index contributed by atoms with van der Waals surface area (Å²) in [5.41, 5.74) is 7.63. The summed E-state index contributed by atoms with van der Waals surface area (Å²) in [6.45, 7) is 4.00. The average molecular weight is 366 g/mol. The molecule has 1 atom stereocenters. The summed E-state index contributed by atoms with van der Waals surface area (Å²) in [6, 6.07) is 10.1. The molecule has 2 aromatic rings. The van der Waals surface area contributed by atoms with Crippen LogP contribution in [-0.4, -0.2) is 16.4 Å². The van der Waals surface area contributed by atoms with Crippen LogP contribution < -0.4 is 11.1 Å². The molecule has 0 bridgehead atoms. The van der Waals surface area contributed by atoms with Gasteiger partial charge in [0.15, 0.2) is 0 Å². The molecule has 4 nitrogen and oxygen atoms in total. The second-order valence-electron chi connectivity index (χ2n) is 6.39. The van der Waals surface area contributed by atoms with Gasteiger partial charge >= 0.3 is 0 Å². The molecule has 1 aromatic carbocycles. The molecular weight excluding hydrogens is 342 g/mol. The van der Waals surface area contributed by atoms with Crippen LogP contribution >= 0.6 is 23.7 Å². The predicted molar refractivity (Wildman–Crippen MR) is 101 cm³/mol. The fourth-order valence-electron chi connectivity index (χ4n) is 3.15. The molecule has 1 unspecified atom stereocenters. The van der Waals surface area contributed by atoms with E-state index in [0.717, 1.165) is 46.8 Å². The summed E-state index contributed by atoms with van der Waals surface area (Å²) < 4.78 is 0. The van der Waals surface area contributed by atoms with E-state index in [-0.39, 0.29) is 24.4 Å². The van der Waals surface area contributed by atoms with E-state index in [4.69, 9.17) is 5.73 Å². The largest absolute Gasteiger partial charge is 0.347 e. The Bertz CT molecular complexity index is 696. The van der Waals surface area contributed by atoms with Gasteiger partial charge in [-0.25, -0.2) is 4.98 Å². The van der Waals surface area contributed by atoms with Crippen LogP contribution in [0.1, 0.15) is 49.2 Å². The lowest BCUT2D eigenvalue weighted by Gasteiger charge is -2.24. The second kappa shape index (κ2) is 7.64. The minimum absolute atomic E-state index is 0. The number of rotatable bonds is 4. The Morgan fingerprint density at radius 1 is 1.29 bits per heavy atom. The summed E-state index contributed by atoms with van der Waals surface area (Å²) in [6.07, 6.45) is 3.64. The molecule has 3 N–H and O–H groups in total. The molecule has 130 valence electrons. The van der Waals surface area contributed by atoms with Crippen molar-refractivity contribution in [1.82, 2.24) is 10.3 Å². The van der Waals surface area contributed by atoms with E-state index >= 15 is 0 Å². The van der Waals surface area contributed by atoms with Gasteiger partial charge in [0, 0.05) is 5.56 Å². The molecule has 6 heteroatoms. The Kier molecular flexibility index (Phi) is 6.01. The van der Waals surface area contributed by atoms with E-state index in [2.05, 4.69) is 22.4 Å². The van der Waals surface area contributed by atoms with Crippen LogP contribution in [0.5, 0.6) is 0 Å². The number of benzene rings is 1. The zero-order valence-corrected chi connectivity index (χ0v) is 15.7. The van der Waals surface area contributed by atoms with Crippen LogP contribution in [-0.2, 0) is 4.79 Å². The second-order valence-corrected chi connectivity index (χ2v) is 7.42. The van der Waals surface area contributed by atoms with Crippen LogP contribution in [0.2, 0.25) is 0 Å². The van der Waals surface area contributed by atoms with Crippen molar-refractivity contribution in [3.8, 4) is 10.6 Å². The lowest BCUT2D eigenvalue weighted by Crippen LogP contribution is -2.52. The van der Waals surface area contributed by atoms with Crippen molar-refractivity contribution in [2.24, 2.45) is 5.73 Å². The van der Waals surface area contributed by atoms with Crippen molar-refractivity contribution < 1.29 is 4.79 Å². The Morgan fingerprint density at radius 2 is 1.92 bits per heavy atom. The maximum atomic E-state index is 12.5. The zero-order chi connectivity index (χ0) is 16.4. The van der Waals surface area contributed by atoms with Crippen molar-refractivity contribution in [2.75, 3.05) is 0 Å². The number of halogens is 1. The van der Waals surface area contributed by atoms with Gasteiger partial charge < -0.3 is 11.1 Å². The van der Waals surface area contributed by atoms with E-state index < -0.39 is 5.54 Å². The zero-order valence-electron chi connectivity index (χ0n) is 14.0. The number of aromatic nitrogens is 1. The molecule has 1 amide bonds. The first-order valence-corrected chi connectivity index (χ1v) is 8.94. The van der Waals surface area contributed by atoms with Gasteiger partial charge in [0.1, 0.15) is 5.01 Å². The van der Waals surface area contributed by atoms with Crippen molar-refractivity contribution in [1.29, 1.82) is 0 Å². The number of nitrogens with two attached hydrogens (primary N) is 1. The molecule has 0 saturated heterocycles. The lowest BCUT2D eigenvalue weighted by atomic mass is 9.97. The van der Waals surface area contributed by atoms with Gasteiger partial charge in [0.25, 0.3) is 0 Å². The highest BCUT2D eigenvalue weighted by Crippen LogP contribution is 2.33.